The summed E-state index contributed by atoms with van der Waals surface area (Å²) in [5.41, 5.74) is 0.954. The largest absolute Gasteiger partial charge is 0.424 e. The van der Waals surface area contributed by atoms with E-state index in [1.165, 1.54) is 45.2 Å². The Hall–Kier alpha value is -0.900. The van der Waals surface area contributed by atoms with E-state index < -0.39 is 0 Å². The molecule has 0 radical (unpaired) electrons. The zero-order valence-electron chi connectivity index (χ0n) is 9.91. The van der Waals surface area contributed by atoms with E-state index in [0.29, 0.717) is 16.7 Å². The highest BCUT2D eigenvalue weighted by molar-refractivity contribution is 5.31. The second-order valence-corrected chi connectivity index (χ2v) is 6.75. The quantitative estimate of drug-likeness (QED) is 0.858. The number of nitrogens with one attached hydrogen (secondary N) is 1. The second-order valence-electron chi connectivity index (χ2n) is 6.75. The molecule has 0 aromatic carbocycles. The Morgan fingerprint density at radius 2 is 1.88 bits per heavy atom. The van der Waals surface area contributed by atoms with Crippen LogP contribution in [-0.4, -0.2) is 23.3 Å². The van der Waals surface area contributed by atoms with Crippen LogP contribution in [0.15, 0.2) is 4.42 Å². The van der Waals surface area contributed by atoms with Crippen molar-refractivity contribution in [3.8, 4) is 0 Å². The predicted octanol–water partition coefficient (Wildman–Crippen LogP) is 1.59. The lowest BCUT2D eigenvalue weighted by Crippen LogP contribution is -2.72. The van der Waals surface area contributed by atoms with Gasteiger partial charge >= 0.3 is 0 Å². The lowest BCUT2D eigenvalue weighted by atomic mass is 9.31. The summed E-state index contributed by atoms with van der Waals surface area (Å²) in [5.74, 6) is 3.38. The molecule has 17 heavy (non-hydrogen) atoms. The molecule has 1 saturated heterocycles. The molecule has 1 N–H and O–H groups in total. The highest BCUT2D eigenvalue weighted by Crippen LogP contribution is 2.76. The third kappa shape index (κ3) is 0.992. The summed E-state index contributed by atoms with van der Waals surface area (Å²) < 4.78 is 5.89. The minimum Gasteiger partial charge on any atom is -0.424 e. The Morgan fingerprint density at radius 1 is 1.12 bits per heavy atom. The SMILES string of the molecule is C1CC1c1nnc(C23CC(C4CNC4)(C2)C3)o1. The van der Waals surface area contributed by atoms with Crippen molar-refractivity contribution in [1.82, 2.24) is 15.5 Å². The summed E-state index contributed by atoms with van der Waals surface area (Å²) in [4.78, 5) is 0. The number of hydrogen-bond acceptors (Lipinski definition) is 4. The first-order chi connectivity index (χ1) is 8.30. The number of hydrogen-bond donors (Lipinski definition) is 1. The maximum atomic E-state index is 5.89. The smallest absolute Gasteiger partial charge is 0.222 e. The summed E-state index contributed by atoms with van der Waals surface area (Å²) in [6.07, 6.45) is 6.40. The highest BCUT2D eigenvalue weighted by atomic mass is 16.4. The van der Waals surface area contributed by atoms with Crippen LogP contribution in [0.4, 0.5) is 0 Å². The van der Waals surface area contributed by atoms with Crippen molar-refractivity contribution >= 4 is 0 Å². The predicted molar refractivity (Wildman–Crippen MR) is 60.6 cm³/mol. The molecule has 1 aromatic heterocycles. The molecular formula is C13H17N3O. The van der Waals surface area contributed by atoms with Crippen LogP contribution in [0.5, 0.6) is 0 Å². The highest BCUT2D eigenvalue weighted by Gasteiger charge is 2.73. The summed E-state index contributed by atoms with van der Waals surface area (Å²) in [6, 6.07) is 0. The van der Waals surface area contributed by atoms with Gasteiger partial charge in [0.1, 0.15) is 0 Å². The van der Waals surface area contributed by atoms with Gasteiger partial charge in [-0.2, -0.15) is 0 Å². The van der Waals surface area contributed by atoms with Crippen molar-refractivity contribution in [3.63, 3.8) is 0 Å². The zero-order valence-corrected chi connectivity index (χ0v) is 9.91. The van der Waals surface area contributed by atoms with Crippen molar-refractivity contribution in [2.24, 2.45) is 11.3 Å². The standard InChI is InChI=1S/C13H17N3O/c1-2-8(1)10-15-16-11(17-10)13-5-12(6-13,7-13)9-3-14-4-9/h8-9,14H,1-7H2. The van der Waals surface area contributed by atoms with Crippen molar-refractivity contribution in [3.05, 3.63) is 11.8 Å². The van der Waals surface area contributed by atoms with E-state index in [-0.39, 0.29) is 0 Å². The summed E-state index contributed by atoms with van der Waals surface area (Å²) in [7, 11) is 0. The topological polar surface area (TPSA) is 51.0 Å². The average molecular weight is 231 g/mol. The molecule has 0 atom stereocenters. The molecule has 0 amide bonds. The molecule has 4 heteroatoms. The van der Waals surface area contributed by atoms with Gasteiger partial charge in [0.05, 0.1) is 5.41 Å². The fourth-order valence-corrected chi connectivity index (χ4v) is 4.19. The van der Waals surface area contributed by atoms with Crippen molar-refractivity contribution < 1.29 is 4.42 Å². The van der Waals surface area contributed by atoms with E-state index in [2.05, 4.69) is 15.5 Å². The molecule has 1 aliphatic heterocycles. The number of aromatic nitrogens is 2. The van der Waals surface area contributed by atoms with Crippen LogP contribution in [0.1, 0.15) is 49.8 Å². The van der Waals surface area contributed by atoms with E-state index in [9.17, 15) is 0 Å². The van der Waals surface area contributed by atoms with Crippen LogP contribution in [0.3, 0.4) is 0 Å². The molecule has 4 nitrogen and oxygen atoms in total. The molecule has 0 spiro atoms. The fourth-order valence-electron chi connectivity index (χ4n) is 4.19. The average Bonchev–Trinajstić information content (AvgIpc) is 2.86. The molecule has 4 saturated carbocycles. The Bertz CT molecular complexity index is 467. The zero-order chi connectivity index (χ0) is 11.1. The molecule has 2 bridgehead atoms. The molecule has 5 aliphatic rings. The van der Waals surface area contributed by atoms with Gasteiger partial charge in [0.2, 0.25) is 11.8 Å². The normalized spacial score (nSPS) is 43.8. The van der Waals surface area contributed by atoms with E-state index in [0.717, 1.165) is 17.7 Å². The van der Waals surface area contributed by atoms with Crippen LogP contribution in [-0.2, 0) is 5.41 Å². The first-order valence-electron chi connectivity index (χ1n) is 6.84. The maximum Gasteiger partial charge on any atom is 0.222 e. The second kappa shape index (κ2) is 2.58. The molecule has 5 fully saturated rings. The van der Waals surface area contributed by atoms with Crippen LogP contribution < -0.4 is 5.32 Å². The van der Waals surface area contributed by atoms with Crippen LogP contribution in [0.25, 0.3) is 0 Å². The lowest BCUT2D eigenvalue weighted by Gasteiger charge is -2.73. The molecule has 2 heterocycles. The minimum absolute atomic E-state index is 0.301. The van der Waals surface area contributed by atoms with Gasteiger partial charge in [0, 0.05) is 5.92 Å². The maximum absolute atomic E-state index is 5.89. The van der Waals surface area contributed by atoms with E-state index in [4.69, 9.17) is 4.42 Å². The Balaban J connectivity index is 1.37. The lowest BCUT2D eigenvalue weighted by molar-refractivity contribution is -0.201. The molecule has 4 aliphatic carbocycles. The van der Waals surface area contributed by atoms with Gasteiger partial charge in [-0.1, -0.05) is 0 Å². The number of rotatable bonds is 3. The molecule has 0 unspecified atom stereocenters. The molecule has 90 valence electrons. The Morgan fingerprint density at radius 3 is 2.47 bits per heavy atom. The fraction of sp³-hybridized carbons (Fsp3) is 0.846. The van der Waals surface area contributed by atoms with Crippen LogP contribution in [0, 0.1) is 11.3 Å². The van der Waals surface area contributed by atoms with Gasteiger partial charge in [-0.05, 0) is 56.5 Å². The number of nitrogens with zero attached hydrogens (tertiary/aromatic N) is 2. The van der Waals surface area contributed by atoms with Gasteiger partial charge in [-0.3, -0.25) is 0 Å². The van der Waals surface area contributed by atoms with Crippen molar-refractivity contribution in [2.75, 3.05) is 13.1 Å². The molecule has 6 rings (SSSR count). The molecular weight excluding hydrogens is 214 g/mol. The summed E-state index contributed by atoms with van der Waals surface area (Å²) in [5, 5.41) is 11.9. The first kappa shape index (κ1) is 9.09. The van der Waals surface area contributed by atoms with Gasteiger partial charge in [-0.15, -0.1) is 10.2 Å². The Labute approximate surface area is 100 Å². The van der Waals surface area contributed by atoms with Gasteiger partial charge < -0.3 is 9.73 Å². The third-order valence-corrected chi connectivity index (χ3v) is 5.54. The summed E-state index contributed by atoms with van der Waals surface area (Å²) >= 11 is 0. The van der Waals surface area contributed by atoms with Crippen LogP contribution in [0.2, 0.25) is 0 Å². The van der Waals surface area contributed by atoms with E-state index in [1.54, 1.807) is 0 Å². The van der Waals surface area contributed by atoms with Crippen LogP contribution >= 0.6 is 0 Å². The van der Waals surface area contributed by atoms with E-state index >= 15 is 0 Å². The van der Waals surface area contributed by atoms with Crippen molar-refractivity contribution in [1.29, 1.82) is 0 Å². The first-order valence-corrected chi connectivity index (χ1v) is 6.84. The monoisotopic (exact) mass is 231 g/mol. The summed E-state index contributed by atoms with van der Waals surface area (Å²) in [6.45, 7) is 2.46. The van der Waals surface area contributed by atoms with Gasteiger partial charge in [-0.25, -0.2) is 0 Å². The van der Waals surface area contributed by atoms with Crippen molar-refractivity contribution in [2.45, 2.75) is 43.4 Å². The third-order valence-electron chi connectivity index (χ3n) is 5.54. The van der Waals surface area contributed by atoms with Gasteiger partial charge in [0.15, 0.2) is 0 Å². The Kier molecular flexibility index (Phi) is 1.38. The van der Waals surface area contributed by atoms with Gasteiger partial charge in [0.25, 0.3) is 0 Å². The minimum atomic E-state index is 0.301. The molecule has 1 aromatic rings. The van der Waals surface area contributed by atoms with E-state index in [1.807, 2.05) is 0 Å².